The van der Waals surface area contributed by atoms with Crippen LogP contribution in [0.1, 0.15) is 18.9 Å². The highest BCUT2D eigenvalue weighted by Crippen LogP contribution is 2.28. The Morgan fingerprint density at radius 2 is 1.87 bits per heavy atom. The van der Waals surface area contributed by atoms with Crippen LogP contribution in [0.3, 0.4) is 0 Å². The molecule has 2 aromatic rings. The summed E-state index contributed by atoms with van der Waals surface area (Å²) in [6.45, 7) is 3.75. The molecule has 0 aliphatic rings. The van der Waals surface area contributed by atoms with E-state index in [2.05, 4.69) is 5.32 Å². The lowest BCUT2D eigenvalue weighted by Crippen LogP contribution is -2.32. The molecule has 5 heteroatoms. The number of anilines is 1. The molecule has 23 heavy (non-hydrogen) atoms. The molecule has 2 aromatic carbocycles. The van der Waals surface area contributed by atoms with E-state index in [0.29, 0.717) is 28.6 Å². The molecule has 1 N–H and O–H groups in total. The number of carbonyl (C=O) groups is 1. The summed E-state index contributed by atoms with van der Waals surface area (Å²) in [7, 11) is 1.57. The van der Waals surface area contributed by atoms with Crippen LogP contribution < -0.4 is 14.8 Å². The average molecular weight is 334 g/mol. The third kappa shape index (κ3) is 4.17. The number of rotatable bonds is 6. The molecule has 0 bridgehead atoms. The zero-order chi connectivity index (χ0) is 16.8. The molecule has 122 valence electrons. The maximum atomic E-state index is 12.5. The highest BCUT2D eigenvalue weighted by molar-refractivity contribution is 6.31. The summed E-state index contributed by atoms with van der Waals surface area (Å²) in [6, 6.07) is 12.7. The van der Waals surface area contributed by atoms with Crippen molar-refractivity contribution in [2.24, 2.45) is 0 Å². The fourth-order valence-electron chi connectivity index (χ4n) is 2.15. The molecule has 0 aliphatic carbocycles. The van der Waals surface area contributed by atoms with Gasteiger partial charge in [0.15, 0.2) is 17.6 Å². The minimum absolute atomic E-state index is 0.219. The number of nitrogens with one attached hydrogen (secondary N) is 1. The van der Waals surface area contributed by atoms with E-state index in [-0.39, 0.29) is 5.91 Å². The van der Waals surface area contributed by atoms with Crippen molar-refractivity contribution >= 4 is 23.2 Å². The van der Waals surface area contributed by atoms with Crippen molar-refractivity contribution in [1.29, 1.82) is 0 Å². The van der Waals surface area contributed by atoms with Crippen LogP contribution in [0.5, 0.6) is 11.5 Å². The van der Waals surface area contributed by atoms with Gasteiger partial charge in [0.2, 0.25) is 0 Å². The van der Waals surface area contributed by atoms with Gasteiger partial charge < -0.3 is 14.8 Å². The van der Waals surface area contributed by atoms with E-state index in [1.54, 1.807) is 31.4 Å². The van der Waals surface area contributed by atoms with Gasteiger partial charge in [0, 0.05) is 10.7 Å². The Morgan fingerprint density at radius 3 is 2.52 bits per heavy atom. The molecule has 0 radical (unpaired) electrons. The summed E-state index contributed by atoms with van der Waals surface area (Å²) < 4.78 is 11.1. The van der Waals surface area contributed by atoms with E-state index in [4.69, 9.17) is 21.1 Å². The van der Waals surface area contributed by atoms with Crippen LogP contribution in [0, 0.1) is 6.92 Å². The van der Waals surface area contributed by atoms with Gasteiger partial charge in [-0.25, -0.2) is 0 Å². The van der Waals surface area contributed by atoms with Crippen LogP contribution in [-0.2, 0) is 4.79 Å². The van der Waals surface area contributed by atoms with Crippen LogP contribution in [0.25, 0.3) is 0 Å². The van der Waals surface area contributed by atoms with E-state index in [9.17, 15) is 4.79 Å². The minimum atomic E-state index is -0.621. The van der Waals surface area contributed by atoms with Gasteiger partial charge in [-0.3, -0.25) is 4.79 Å². The van der Waals surface area contributed by atoms with Gasteiger partial charge in [-0.15, -0.1) is 0 Å². The second kappa shape index (κ2) is 7.88. The Labute approximate surface area is 141 Å². The van der Waals surface area contributed by atoms with Gasteiger partial charge in [-0.05, 0) is 43.2 Å². The van der Waals surface area contributed by atoms with Gasteiger partial charge >= 0.3 is 0 Å². The Balaban J connectivity index is 2.14. The second-order valence-electron chi connectivity index (χ2n) is 5.07. The van der Waals surface area contributed by atoms with Crippen molar-refractivity contribution < 1.29 is 14.3 Å². The number of carbonyl (C=O) groups excluding carboxylic acids is 1. The van der Waals surface area contributed by atoms with Crippen LogP contribution in [0.15, 0.2) is 42.5 Å². The molecule has 1 atom stereocenters. The first-order valence-corrected chi connectivity index (χ1v) is 7.80. The van der Waals surface area contributed by atoms with Crippen molar-refractivity contribution in [1.82, 2.24) is 0 Å². The minimum Gasteiger partial charge on any atom is -0.493 e. The Bertz CT molecular complexity index is 688. The molecule has 2 rings (SSSR count). The van der Waals surface area contributed by atoms with Crippen molar-refractivity contribution in [3.05, 3.63) is 53.1 Å². The van der Waals surface area contributed by atoms with Crippen molar-refractivity contribution in [3.63, 3.8) is 0 Å². The Hall–Kier alpha value is -2.20. The van der Waals surface area contributed by atoms with E-state index in [0.717, 1.165) is 5.56 Å². The lowest BCUT2D eigenvalue weighted by atomic mass is 10.2. The summed E-state index contributed by atoms with van der Waals surface area (Å²) in [4.78, 5) is 12.5. The molecule has 0 aromatic heterocycles. The van der Waals surface area contributed by atoms with Gasteiger partial charge in [-0.2, -0.15) is 0 Å². The number of hydrogen-bond donors (Lipinski definition) is 1. The van der Waals surface area contributed by atoms with E-state index >= 15 is 0 Å². The maximum Gasteiger partial charge on any atom is 0.265 e. The Morgan fingerprint density at radius 1 is 1.17 bits per heavy atom. The molecule has 0 saturated carbocycles. The van der Waals surface area contributed by atoms with E-state index in [1.165, 1.54) is 0 Å². The largest absolute Gasteiger partial charge is 0.493 e. The SMILES string of the molecule is CCC(Oc1ccccc1OC)C(=O)Nc1cccc(Cl)c1C. The Kier molecular flexibility index (Phi) is 5.88. The molecular formula is C18H20ClNO3. The number of methoxy groups -OCH3 is 1. The lowest BCUT2D eigenvalue weighted by Gasteiger charge is -2.19. The molecule has 1 amide bonds. The molecule has 0 heterocycles. The molecule has 0 saturated heterocycles. The quantitative estimate of drug-likeness (QED) is 0.849. The smallest absolute Gasteiger partial charge is 0.265 e. The first-order valence-electron chi connectivity index (χ1n) is 7.42. The normalized spacial score (nSPS) is 11.7. The topological polar surface area (TPSA) is 47.6 Å². The summed E-state index contributed by atoms with van der Waals surface area (Å²) in [5, 5.41) is 3.48. The summed E-state index contributed by atoms with van der Waals surface area (Å²) in [6.07, 6.45) is -0.0894. The summed E-state index contributed by atoms with van der Waals surface area (Å²) in [5.41, 5.74) is 1.51. The van der Waals surface area contributed by atoms with E-state index < -0.39 is 6.10 Å². The second-order valence-corrected chi connectivity index (χ2v) is 5.47. The number of amides is 1. The average Bonchev–Trinajstić information content (AvgIpc) is 2.57. The number of hydrogen-bond acceptors (Lipinski definition) is 3. The zero-order valence-corrected chi connectivity index (χ0v) is 14.2. The zero-order valence-electron chi connectivity index (χ0n) is 13.4. The third-order valence-electron chi connectivity index (χ3n) is 3.53. The predicted octanol–water partition coefficient (Wildman–Crippen LogP) is 4.45. The van der Waals surface area contributed by atoms with Crippen molar-refractivity contribution in [3.8, 4) is 11.5 Å². The van der Waals surface area contributed by atoms with E-state index in [1.807, 2.05) is 32.0 Å². The monoisotopic (exact) mass is 333 g/mol. The number of halogens is 1. The number of ether oxygens (including phenoxy) is 2. The van der Waals surface area contributed by atoms with Gasteiger partial charge in [-0.1, -0.05) is 36.7 Å². The number of benzene rings is 2. The van der Waals surface area contributed by atoms with Crippen molar-refractivity contribution in [2.75, 3.05) is 12.4 Å². The predicted molar refractivity (Wildman–Crippen MR) is 92.5 cm³/mol. The number of para-hydroxylation sites is 2. The third-order valence-corrected chi connectivity index (χ3v) is 3.94. The summed E-state index contributed by atoms with van der Waals surface area (Å²) >= 11 is 6.08. The molecule has 1 unspecified atom stereocenters. The fourth-order valence-corrected chi connectivity index (χ4v) is 2.32. The fraction of sp³-hybridized carbons (Fsp3) is 0.278. The maximum absolute atomic E-state index is 12.5. The van der Waals surface area contributed by atoms with Gasteiger partial charge in [0.25, 0.3) is 5.91 Å². The van der Waals surface area contributed by atoms with Crippen LogP contribution in [0.2, 0.25) is 5.02 Å². The highest BCUT2D eigenvalue weighted by atomic mass is 35.5. The molecular weight excluding hydrogens is 314 g/mol. The van der Waals surface area contributed by atoms with Gasteiger partial charge in [0.1, 0.15) is 0 Å². The van der Waals surface area contributed by atoms with Crippen LogP contribution in [-0.4, -0.2) is 19.1 Å². The molecule has 0 spiro atoms. The lowest BCUT2D eigenvalue weighted by molar-refractivity contribution is -0.122. The van der Waals surface area contributed by atoms with Crippen LogP contribution >= 0.6 is 11.6 Å². The van der Waals surface area contributed by atoms with Crippen LogP contribution in [0.4, 0.5) is 5.69 Å². The first kappa shape index (κ1) is 17.2. The van der Waals surface area contributed by atoms with Gasteiger partial charge in [0.05, 0.1) is 7.11 Å². The molecule has 4 nitrogen and oxygen atoms in total. The van der Waals surface area contributed by atoms with Crippen molar-refractivity contribution in [2.45, 2.75) is 26.4 Å². The molecule has 0 aliphatic heterocycles. The summed E-state index contributed by atoms with van der Waals surface area (Å²) in [5.74, 6) is 0.918. The highest BCUT2D eigenvalue weighted by Gasteiger charge is 2.20. The standard InChI is InChI=1S/C18H20ClNO3/c1-4-15(23-17-11-6-5-10-16(17)22-3)18(21)20-14-9-7-8-13(19)12(14)2/h5-11,15H,4H2,1-3H3,(H,20,21). The first-order chi connectivity index (χ1) is 11.1. The molecule has 0 fully saturated rings.